The van der Waals surface area contributed by atoms with Gasteiger partial charge in [0.2, 0.25) is 0 Å². The highest BCUT2D eigenvalue weighted by Crippen LogP contribution is 2.19. The van der Waals surface area contributed by atoms with E-state index in [0.717, 1.165) is 37.6 Å². The van der Waals surface area contributed by atoms with Gasteiger partial charge in [0.05, 0.1) is 0 Å². The lowest BCUT2D eigenvalue weighted by molar-refractivity contribution is 0.0773. The van der Waals surface area contributed by atoms with E-state index in [9.17, 15) is 4.79 Å². The standard InChI is InChI=1S/C18H28N4O.BrH/c1-20(13-14-21-9-3-2-4-10-21)18(23)16-7-8-19-17(15-16)22-11-5-6-12-22;/h7-8,15H,2-6,9-14H2,1H3;1H. The molecule has 2 fully saturated rings. The van der Waals surface area contributed by atoms with Crippen molar-refractivity contribution in [3.8, 4) is 0 Å². The van der Waals surface area contributed by atoms with Crippen molar-refractivity contribution in [2.75, 3.05) is 51.2 Å². The van der Waals surface area contributed by atoms with Crippen LogP contribution in [0.1, 0.15) is 42.5 Å². The molecule has 0 saturated carbocycles. The van der Waals surface area contributed by atoms with Crippen molar-refractivity contribution in [3.63, 3.8) is 0 Å². The number of likely N-dealkylation sites (N-methyl/N-ethyl adjacent to an activating group) is 1. The Balaban J connectivity index is 0.00000208. The van der Waals surface area contributed by atoms with E-state index < -0.39 is 0 Å². The number of carbonyl (C=O) groups is 1. The maximum atomic E-state index is 12.6. The number of carbonyl (C=O) groups excluding carboxylic acids is 1. The summed E-state index contributed by atoms with van der Waals surface area (Å²) >= 11 is 0. The van der Waals surface area contributed by atoms with Gasteiger partial charge in [-0.1, -0.05) is 6.42 Å². The number of hydrogen-bond donors (Lipinski definition) is 0. The molecular weight excluding hydrogens is 368 g/mol. The summed E-state index contributed by atoms with van der Waals surface area (Å²) in [6.07, 6.45) is 8.13. The van der Waals surface area contributed by atoms with Gasteiger partial charge in [0.1, 0.15) is 5.82 Å². The summed E-state index contributed by atoms with van der Waals surface area (Å²) in [5.41, 5.74) is 0.753. The second-order valence-electron chi connectivity index (χ2n) is 6.73. The highest BCUT2D eigenvalue weighted by molar-refractivity contribution is 8.93. The van der Waals surface area contributed by atoms with Gasteiger partial charge in [-0.25, -0.2) is 4.98 Å². The van der Waals surface area contributed by atoms with Crippen LogP contribution in [0.4, 0.5) is 5.82 Å². The average Bonchev–Trinajstić information content (AvgIpc) is 3.15. The molecule has 2 saturated heterocycles. The molecule has 0 aromatic carbocycles. The molecule has 1 amide bonds. The maximum absolute atomic E-state index is 12.6. The number of piperidine rings is 1. The average molecular weight is 397 g/mol. The van der Waals surface area contributed by atoms with E-state index >= 15 is 0 Å². The molecule has 3 heterocycles. The first-order chi connectivity index (χ1) is 11.2. The van der Waals surface area contributed by atoms with E-state index in [0.29, 0.717) is 0 Å². The summed E-state index contributed by atoms with van der Waals surface area (Å²) in [5.74, 6) is 1.04. The van der Waals surface area contributed by atoms with E-state index in [1.807, 2.05) is 24.1 Å². The third kappa shape index (κ3) is 4.93. The van der Waals surface area contributed by atoms with Crippen molar-refractivity contribution < 1.29 is 4.79 Å². The molecule has 0 aliphatic carbocycles. The number of amides is 1. The second kappa shape index (κ2) is 9.37. The molecule has 2 aliphatic rings. The molecule has 0 unspecified atom stereocenters. The van der Waals surface area contributed by atoms with E-state index in [1.54, 1.807) is 6.20 Å². The molecule has 2 aliphatic heterocycles. The van der Waals surface area contributed by atoms with Gasteiger partial charge in [0.15, 0.2) is 0 Å². The Bertz CT molecular complexity index is 528. The molecule has 6 heteroatoms. The third-order valence-corrected chi connectivity index (χ3v) is 4.97. The largest absolute Gasteiger partial charge is 0.357 e. The molecule has 3 rings (SSSR count). The summed E-state index contributed by atoms with van der Waals surface area (Å²) in [4.78, 5) is 23.7. The molecule has 0 N–H and O–H groups in total. The van der Waals surface area contributed by atoms with Crippen molar-refractivity contribution in [1.82, 2.24) is 14.8 Å². The Morgan fingerprint density at radius 3 is 2.50 bits per heavy atom. The topological polar surface area (TPSA) is 39.7 Å². The van der Waals surface area contributed by atoms with Crippen molar-refractivity contribution in [3.05, 3.63) is 23.9 Å². The molecule has 134 valence electrons. The summed E-state index contributed by atoms with van der Waals surface area (Å²) in [6.45, 7) is 6.23. The molecular formula is C18H29BrN4O. The smallest absolute Gasteiger partial charge is 0.253 e. The van der Waals surface area contributed by atoms with Crippen LogP contribution in [0.2, 0.25) is 0 Å². The van der Waals surface area contributed by atoms with Crippen molar-refractivity contribution in [2.45, 2.75) is 32.1 Å². The molecule has 5 nitrogen and oxygen atoms in total. The van der Waals surface area contributed by atoms with E-state index in [4.69, 9.17) is 0 Å². The number of likely N-dealkylation sites (tertiary alicyclic amines) is 1. The molecule has 1 aromatic heterocycles. The number of anilines is 1. The number of aromatic nitrogens is 1. The lowest BCUT2D eigenvalue weighted by atomic mass is 10.1. The fourth-order valence-corrected chi connectivity index (χ4v) is 3.47. The fourth-order valence-electron chi connectivity index (χ4n) is 3.47. The highest BCUT2D eigenvalue weighted by Gasteiger charge is 2.18. The highest BCUT2D eigenvalue weighted by atomic mass is 79.9. The summed E-state index contributed by atoms with van der Waals surface area (Å²) in [5, 5.41) is 0. The summed E-state index contributed by atoms with van der Waals surface area (Å²) in [7, 11) is 1.90. The lowest BCUT2D eigenvalue weighted by Gasteiger charge is -2.28. The zero-order valence-electron chi connectivity index (χ0n) is 14.6. The minimum Gasteiger partial charge on any atom is -0.357 e. The van der Waals surface area contributed by atoms with E-state index in [1.165, 1.54) is 45.2 Å². The fraction of sp³-hybridized carbons (Fsp3) is 0.667. The number of hydrogen-bond acceptors (Lipinski definition) is 4. The van der Waals surface area contributed by atoms with Crippen LogP contribution in [0.5, 0.6) is 0 Å². The minimum absolute atomic E-state index is 0. The Morgan fingerprint density at radius 2 is 1.79 bits per heavy atom. The van der Waals surface area contributed by atoms with Crippen molar-refractivity contribution in [2.24, 2.45) is 0 Å². The zero-order valence-corrected chi connectivity index (χ0v) is 16.3. The second-order valence-corrected chi connectivity index (χ2v) is 6.73. The Kier molecular flexibility index (Phi) is 7.49. The maximum Gasteiger partial charge on any atom is 0.253 e. The van der Waals surface area contributed by atoms with Crippen LogP contribution in [0, 0.1) is 0 Å². The van der Waals surface area contributed by atoms with Gasteiger partial charge in [-0.3, -0.25) is 4.79 Å². The van der Waals surface area contributed by atoms with Crippen LogP contribution in [0.25, 0.3) is 0 Å². The number of halogens is 1. The van der Waals surface area contributed by atoms with Gasteiger partial charge in [-0.15, -0.1) is 17.0 Å². The molecule has 24 heavy (non-hydrogen) atoms. The molecule has 0 spiro atoms. The number of nitrogens with zero attached hydrogens (tertiary/aromatic N) is 4. The Hall–Kier alpha value is -1.14. The van der Waals surface area contributed by atoms with Crippen LogP contribution >= 0.6 is 17.0 Å². The lowest BCUT2D eigenvalue weighted by Crippen LogP contribution is -2.38. The van der Waals surface area contributed by atoms with E-state index in [2.05, 4.69) is 14.8 Å². The minimum atomic E-state index is 0. The molecule has 0 atom stereocenters. The van der Waals surface area contributed by atoms with Crippen LogP contribution in [0.15, 0.2) is 18.3 Å². The zero-order chi connectivity index (χ0) is 16.1. The van der Waals surface area contributed by atoms with Gasteiger partial charge < -0.3 is 14.7 Å². The van der Waals surface area contributed by atoms with Gasteiger partial charge in [0, 0.05) is 45.0 Å². The van der Waals surface area contributed by atoms with Crippen molar-refractivity contribution >= 4 is 28.7 Å². The van der Waals surface area contributed by atoms with Gasteiger partial charge in [0.25, 0.3) is 5.91 Å². The summed E-state index contributed by atoms with van der Waals surface area (Å²) < 4.78 is 0. The third-order valence-electron chi connectivity index (χ3n) is 4.97. The monoisotopic (exact) mass is 396 g/mol. The first kappa shape index (κ1) is 19.2. The first-order valence-corrected chi connectivity index (χ1v) is 8.93. The van der Waals surface area contributed by atoms with Crippen LogP contribution in [-0.4, -0.2) is 67.0 Å². The Labute approximate surface area is 155 Å². The number of rotatable bonds is 5. The molecule has 0 radical (unpaired) electrons. The molecule has 0 bridgehead atoms. The van der Waals surface area contributed by atoms with Crippen LogP contribution < -0.4 is 4.90 Å². The first-order valence-electron chi connectivity index (χ1n) is 8.93. The summed E-state index contributed by atoms with van der Waals surface area (Å²) in [6, 6.07) is 3.78. The van der Waals surface area contributed by atoms with Gasteiger partial charge >= 0.3 is 0 Å². The number of pyridine rings is 1. The van der Waals surface area contributed by atoms with Crippen LogP contribution in [0.3, 0.4) is 0 Å². The quantitative estimate of drug-likeness (QED) is 0.766. The predicted molar refractivity (Wildman–Crippen MR) is 103 cm³/mol. The van der Waals surface area contributed by atoms with Crippen LogP contribution in [-0.2, 0) is 0 Å². The predicted octanol–water partition coefficient (Wildman–Crippen LogP) is 2.82. The van der Waals surface area contributed by atoms with Gasteiger partial charge in [-0.2, -0.15) is 0 Å². The van der Waals surface area contributed by atoms with Gasteiger partial charge in [-0.05, 0) is 50.9 Å². The SMILES string of the molecule is Br.CN(CCN1CCCCC1)C(=O)c1ccnc(N2CCCC2)c1. The van der Waals surface area contributed by atoms with Crippen molar-refractivity contribution in [1.29, 1.82) is 0 Å². The van der Waals surface area contributed by atoms with E-state index in [-0.39, 0.29) is 22.9 Å². The Morgan fingerprint density at radius 1 is 1.12 bits per heavy atom. The molecule has 1 aromatic rings. The normalized spacial score (nSPS) is 18.3.